The van der Waals surface area contributed by atoms with E-state index in [1.165, 1.54) is 16.8 Å². The van der Waals surface area contributed by atoms with Gasteiger partial charge in [-0.1, -0.05) is 17.7 Å². The second-order valence-electron chi connectivity index (χ2n) is 6.15. The Hall–Kier alpha value is -3.03. The average Bonchev–Trinajstić information content (AvgIpc) is 2.70. The van der Waals surface area contributed by atoms with Crippen molar-refractivity contribution in [3.63, 3.8) is 0 Å². The summed E-state index contributed by atoms with van der Waals surface area (Å²) in [6, 6.07) is 13.3. The van der Waals surface area contributed by atoms with Crippen LogP contribution < -0.4 is 4.31 Å². The number of benzene rings is 2. The fraction of sp³-hybridized carbons (Fsp3) is 0.0500. The minimum absolute atomic E-state index is 0.152. The molecule has 0 aliphatic rings. The Balaban J connectivity index is 1.94. The molecule has 0 N–H and O–H groups in total. The number of anilines is 2. The molecular weight excluding hydrogens is 396 g/mol. The maximum absolute atomic E-state index is 13.6. The Morgan fingerprint density at radius 2 is 1.75 bits per heavy atom. The number of hydrogen-bond acceptors (Lipinski definition) is 5. The maximum atomic E-state index is 13.6. The lowest BCUT2D eigenvalue weighted by Gasteiger charge is -2.25. The van der Waals surface area contributed by atoms with E-state index in [-0.39, 0.29) is 10.7 Å². The molecule has 0 aliphatic heterocycles. The standard InChI is InChI=1S/C20H15ClN4O2S/c1-14-10-17(21)3-5-19(14)25(20-7-9-23-13-24-20)28(26,27)18-4-2-16-12-22-8-6-15(16)11-18/h2-13H,1H3. The number of hydrogen-bond donors (Lipinski definition) is 0. The summed E-state index contributed by atoms with van der Waals surface area (Å²) in [5.41, 5.74) is 1.18. The zero-order chi connectivity index (χ0) is 19.7. The van der Waals surface area contributed by atoms with E-state index in [0.717, 1.165) is 10.8 Å². The molecule has 0 saturated carbocycles. The van der Waals surface area contributed by atoms with Crippen LogP contribution in [0.15, 0.2) is 78.3 Å². The second kappa shape index (κ2) is 7.18. The van der Waals surface area contributed by atoms with Crippen LogP contribution in [0, 0.1) is 6.92 Å². The molecule has 0 unspecified atom stereocenters. The van der Waals surface area contributed by atoms with Crippen molar-refractivity contribution in [3.05, 3.63) is 84.0 Å². The van der Waals surface area contributed by atoms with E-state index >= 15 is 0 Å². The summed E-state index contributed by atoms with van der Waals surface area (Å²) in [6.45, 7) is 1.80. The van der Waals surface area contributed by atoms with Gasteiger partial charge >= 0.3 is 0 Å². The van der Waals surface area contributed by atoms with E-state index in [1.807, 2.05) is 0 Å². The van der Waals surface area contributed by atoms with Crippen LogP contribution in [-0.4, -0.2) is 23.4 Å². The normalized spacial score (nSPS) is 11.5. The minimum atomic E-state index is -3.95. The van der Waals surface area contributed by atoms with Gasteiger partial charge in [0.05, 0.1) is 10.6 Å². The van der Waals surface area contributed by atoms with Gasteiger partial charge in [0.1, 0.15) is 6.33 Å². The Labute approximate surface area is 167 Å². The SMILES string of the molecule is Cc1cc(Cl)ccc1N(c1ccncn1)S(=O)(=O)c1ccc2cnccc2c1. The van der Waals surface area contributed by atoms with E-state index in [1.54, 1.807) is 67.8 Å². The number of pyridine rings is 1. The van der Waals surface area contributed by atoms with Crippen LogP contribution in [0.4, 0.5) is 11.5 Å². The molecule has 0 radical (unpaired) electrons. The quantitative estimate of drug-likeness (QED) is 0.494. The van der Waals surface area contributed by atoms with Gasteiger partial charge in [-0.15, -0.1) is 0 Å². The number of aromatic nitrogens is 3. The van der Waals surface area contributed by atoms with Gasteiger partial charge in [-0.3, -0.25) is 4.98 Å². The summed E-state index contributed by atoms with van der Waals surface area (Å²) in [6.07, 6.45) is 6.14. The van der Waals surface area contributed by atoms with Gasteiger partial charge in [0.2, 0.25) is 0 Å². The number of sulfonamides is 1. The number of aryl methyl sites for hydroxylation is 1. The minimum Gasteiger partial charge on any atom is -0.264 e. The Morgan fingerprint density at radius 3 is 2.50 bits per heavy atom. The molecule has 4 rings (SSSR count). The van der Waals surface area contributed by atoms with E-state index in [0.29, 0.717) is 16.3 Å². The van der Waals surface area contributed by atoms with E-state index in [2.05, 4.69) is 15.0 Å². The van der Waals surface area contributed by atoms with Crippen molar-refractivity contribution >= 4 is 43.9 Å². The molecule has 0 saturated heterocycles. The van der Waals surface area contributed by atoms with Gasteiger partial charge in [0.15, 0.2) is 5.82 Å². The third-order valence-electron chi connectivity index (χ3n) is 4.30. The molecular formula is C20H15ClN4O2S. The Kier molecular flexibility index (Phi) is 4.70. The van der Waals surface area contributed by atoms with Crippen LogP contribution in [0.5, 0.6) is 0 Å². The molecule has 28 heavy (non-hydrogen) atoms. The van der Waals surface area contributed by atoms with E-state index < -0.39 is 10.0 Å². The van der Waals surface area contributed by atoms with E-state index in [9.17, 15) is 8.42 Å². The van der Waals surface area contributed by atoms with Crippen molar-refractivity contribution in [2.75, 3.05) is 4.31 Å². The first kappa shape index (κ1) is 18.3. The first-order chi connectivity index (χ1) is 13.5. The van der Waals surface area contributed by atoms with Crippen LogP contribution in [0.25, 0.3) is 10.8 Å². The lowest BCUT2D eigenvalue weighted by molar-refractivity contribution is 0.596. The van der Waals surface area contributed by atoms with Crippen LogP contribution in [0.3, 0.4) is 0 Å². The van der Waals surface area contributed by atoms with Crippen molar-refractivity contribution < 1.29 is 8.42 Å². The fourth-order valence-electron chi connectivity index (χ4n) is 2.95. The van der Waals surface area contributed by atoms with Gasteiger partial charge in [0, 0.05) is 35.1 Å². The maximum Gasteiger partial charge on any atom is 0.269 e. The number of nitrogens with zero attached hydrogens (tertiary/aromatic N) is 4. The molecule has 4 aromatic rings. The van der Waals surface area contributed by atoms with Crippen molar-refractivity contribution in [2.24, 2.45) is 0 Å². The van der Waals surface area contributed by atoms with Crippen molar-refractivity contribution in [3.8, 4) is 0 Å². The largest absolute Gasteiger partial charge is 0.269 e. The molecule has 0 fully saturated rings. The van der Waals surface area contributed by atoms with E-state index in [4.69, 9.17) is 11.6 Å². The molecule has 2 heterocycles. The summed E-state index contributed by atoms with van der Waals surface area (Å²) in [5, 5.41) is 2.17. The number of halogens is 1. The Bertz CT molecular complexity index is 1260. The third-order valence-corrected chi connectivity index (χ3v) is 6.25. The van der Waals surface area contributed by atoms with Gasteiger partial charge in [0.25, 0.3) is 10.0 Å². The third kappa shape index (κ3) is 3.30. The lowest BCUT2D eigenvalue weighted by Crippen LogP contribution is -2.27. The Morgan fingerprint density at radius 1 is 0.929 bits per heavy atom. The molecule has 0 aliphatic carbocycles. The molecule has 140 valence electrons. The molecule has 2 aromatic carbocycles. The highest BCUT2D eigenvalue weighted by molar-refractivity contribution is 7.93. The van der Waals surface area contributed by atoms with Crippen LogP contribution >= 0.6 is 11.6 Å². The highest BCUT2D eigenvalue weighted by Crippen LogP contribution is 2.35. The van der Waals surface area contributed by atoms with Crippen molar-refractivity contribution in [1.82, 2.24) is 15.0 Å². The van der Waals surface area contributed by atoms with Gasteiger partial charge in [-0.2, -0.15) is 0 Å². The zero-order valence-corrected chi connectivity index (χ0v) is 16.4. The predicted octanol–water partition coefficient (Wildman–Crippen LogP) is 4.51. The summed E-state index contributed by atoms with van der Waals surface area (Å²) in [7, 11) is -3.95. The van der Waals surface area contributed by atoms with Crippen molar-refractivity contribution in [2.45, 2.75) is 11.8 Å². The highest BCUT2D eigenvalue weighted by Gasteiger charge is 2.29. The average molecular weight is 411 g/mol. The van der Waals surface area contributed by atoms with Crippen LogP contribution in [0.1, 0.15) is 5.56 Å². The number of rotatable bonds is 4. The summed E-state index contributed by atoms with van der Waals surface area (Å²) >= 11 is 6.06. The molecule has 2 aromatic heterocycles. The zero-order valence-electron chi connectivity index (χ0n) is 14.8. The first-order valence-corrected chi connectivity index (χ1v) is 10.2. The number of fused-ring (bicyclic) bond motifs is 1. The molecule has 0 spiro atoms. The molecule has 0 bridgehead atoms. The predicted molar refractivity (Wildman–Crippen MR) is 109 cm³/mol. The van der Waals surface area contributed by atoms with Gasteiger partial charge in [-0.05, 0) is 54.3 Å². The highest BCUT2D eigenvalue weighted by atomic mass is 35.5. The summed E-state index contributed by atoms with van der Waals surface area (Å²) in [4.78, 5) is 12.3. The topological polar surface area (TPSA) is 76.1 Å². The smallest absolute Gasteiger partial charge is 0.264 e. The summed E-state index contributed by atoms with van der Waals surface area (Å²) in [5.74, 6) is 0.246. The van der Waals surface area contributed by atoms with Crippen LogP contribution in [-0.2, 0) is 10.0 Å². The molecule has 6 nitrogen and oxygen atoms in total. The molecule has 8 heteroatoms. The fourth-order valence-corrected chi connectivity index (χ4v) is 4.73. The van der Waals surface area contributed by atoms with Gasteiger partial charge < -0.3 is 0 Å². The van der Waals surface area contributed by atoms with Crippen LogP contribution in [0.2, 0.25) is 5.02 Å². The van der Waals surface area contributed by atoms with Crippen molar-refractivity contribution in [1.29, 1.82) is 0 Å². The molecule has 0 atom stereocenters. The first-order valence-electron chi connectivity index (χ1n) is 8.38. The monoisotopic (exact) mass is 410 g/mol. The summed E-state index contributed by atoms with van der Waals surface area (Å²) < 4.78 is 28.5. The lowest BCUT2D eigenvalue weighted by atomic mass is 10.2. The second-order valence-corrected chi connectivity index (χ2v) is 8.38. The molecule has 0 amide bonds. The van der Waals surface area contributed by atoms with Gasteiger partial charge in [-0.25, -0.2) is 22.7 Å².